The van der Waals surface area contributed by atoms with Crippen molar-refractivity contribution in [3.8, 4) is 22.8 Å². The summed E-state index contributed by atoms with van der Waals surface area (Å²) in [5.74, 6) is 0.302. The summed E-state index contributed by atoms with van der Waals surface area (Å²) in [7, 11) is 2.95. The van der Waals surface area contributed by atoms with Crippen LogP contribution in [0.15, 0.2) is 71.8 Å². The van der Waals surface area contributed by atoms with Crippen molar-refractivity contribution >= 4 is 39.5 Å². The fraction of sp³-hybridized carbons (Fsp3) is 0.120. The van der Waals surface area contributed by atoms with Gasteiger partial charge in [-0.15, -0.1) is 0 Å². The first-order valence-corrected chi connectivity index (χ1v) is 11.0. The quantitative estimate of drug-likeness (QED) is 0.386. The second-order valence-electron chi connectivity index (χ2n) is 7.72. The van der Waals surface area contributed by atoms with E-state index >= 15 is 0 Å². The maximum Gasteiger partial charge on any atom is 0.293 e. The summed E-state index contributed by atoms with van der Waals surface area (Å²) in [6.45, 7) is -0.309. The average molecular weight is 490 g/mol. The summed E-state index contributed by atoms with van der Waals surface area (Å²) in [5, 5.41) is 13.7. The van der Waals surface area contributed by atoms with Gasteiger partial charge in [0.2, 0.25) is 5.91 Å². The molecule has 5 aromatic rings. The van der Waals surface area contributed by atoms with Crippen LogP contribution in [0.1, 0.15) is 0 Å². The lowest BCUT2D eigenvalue weighted by Crippen LogP contribution is -2.30. The molecule has 3 aromatic carbocycles. The molecule has 9 nitrogen and oxygen atoms in total. The summed E-state index contributed by atoms with van der Waals surface area (Å²) >= 11 is 6.17. The number of hydrogen-bond acceptors (Lipinski definition) is 6. The fourth-order valence-corrected chi connectivity index (χ4v) is 4.16. The SMILES string of the molecule is COc1cc(OC)c(NC(=O)Cn2ncn3nc(-c4cccc5ccccc45)cc3c2=O)cc1Cl. The van der Waals surface area contributed by atoms with E-state index in [-0.39, 0.29) is 6.54 Å². The van der Waals surface area contributed by atoms with Gasteiger partial charge in [0, 0.05) is 11.6 Å². The Hall–Kier alpha value is -4.37. The highest BCUT2D eigenvalue weighted by molar-refractivity contribution is 6.32. The van der Waals surface area contributed by atoms with E-state index in [1.165, 1.54) is 31.1 Å². The van der Waals surface area contributed by atoms with Crippen molar-refractivity contribution in [3.05, 3.63) is 82.4 Å². The second-order valence-corrected chi connectivity index (χ2v) is 8.12. The Balaban J connectivity index is 1.44. The van der Waals surface area contributed by atoms with Gasteiger partial charge in [-0.05, 0) is 22.9 Å². The number of nitrogens with zero attached hydrogens (tertiary/aromatic N) is 4. The highest BCUT2D eigenvalue weighted by Crippen LogP contribution is 2.36. The van der Waals surface area contributed by atoms with E-state index in [1.807, 2.05) is 42.5 Å². The van der Waals surface area contributed by atoms with Gasteiger partial charge in [0.25, 0.3) is 5.56 Å². The lowest BCUT2D eigenvalue weighted by atomic mass is 10.0. The van der Waals surface area contributed by atoms with Crippen molar-refractivity contribution in [3.63, 3.8) is 0 Å². The fourth-order valence-electron chi connectivity index (χ4n) is 3.91. The molecule has 0 spiro atoms. The lowest BCUT2D eigenvalue weighted by molar-refractivity contribution is -0.117. The minimum atomic E-state index is -0.475. The summed E-state index contributed by atoms with van der Waals surface area (Å²) in [6.07, 6.45) is 1.41. The number of amides is 1. The molecule has 0 fully saturated rings. The predicted molar refractivity (Wildman–Crippen MR) is 133 cm³/mol. The lowest BCUT2D eigenvalue weighted by Gasteiger charge is -2.13. The average Bonchev–Trinajstić information content (AvgIpc) is 3.30. The smallest absolute Gasteiger partial charge is 0.293 e. The molecule has 35 heavy (non-hydrogen) atoms. The highest BCUT2D eigenvalue weighted by Gasteiger charge is 2.16. The van der Waals surface area contributed by atoms with Crippen LogP contribution in [0.5, 0.6) is 11.5 Å². The van der Waals surface area contributed by atoms with Crippen LogP contribution in [0.3, 0.4) is 0 Å². The van der Waals surface area contributed by atoms with Gasteiger partial charge in [0.05, 0.1) is 30.6 Å². The number of benzene rings is 3. The van der Waals surface area contributed by atoms with Gasteiger partial charge in [-0.3, -0.25) is 9.59 Å². The number of anilines is 1. The van der Waals surface area contributed by atoms with Crippen LogP contribution < -0.4 is 20.3 Å². The number of fused-ring (bicyclic) bond motifs is 2. The van der Waals surface area contributed by atoms with Crippen LogP contribution in [-0.2, 0) is 11.3 Å². The third-order valence-electron chi connectivity index (χ3n) is 5.60. The Morgan fingerprint density at radius 3 is 2.60 bits per heavy atom. The molecule has 10 heteroatoms. The number of ether oxygens (including phenoxy) is 2. The molecule has 0 atom stereocenters. The molecular weight excluding hydrogens is 470 g/mol. The van der Waals surface area contributed by atoms with Crippen LogP contribution >= 0.6 is 11.6 Å². The minimum Gasteiger partial charge on any atom is -0.495 e. The van der Waals surface area contributed by atoms with Crippen molar-refractivity contribution in [2.24, 2.45) is 0 Å². The molecule has 2 aromatic heterocycles. The van der Waals surface area contributed by atoms with E-state index in [1.54, 1.807) is 12.1 Å². The van der Waals surface area contributed by atoms with Crippen molar-refractivity contribution in [1.29, 1.82) is 0 Å². The summed E-state index contributed by atoms with van der Waals surface area (Å²) in [4.78, 5) is 25.8. The van der Waals surface area contributed by atoms with Gasteiger partial charge in [0.15, 0.2) is 0 Å². The molecule has 1 N–H and O–H groups in total. The normalized spacial score (nSPS) is 11.1. The highest BCUT2D eigenvalue weighted by atomic mass is 35.5. The van der Waals surface area contributed by atoms with Crippen LogP contribution in [0.25, 0.3) is 27.5 Å². The Morgan fingerprint density at radius 2 is 1.80 bits per heavy atom. The second kappa shape index (κ2) is 9.11. The monoisotopic (exact) mass is 489 g/mol. The van der Waals surface area contributed by atoms with Crippen molar-refractivity contribution in [2.75, 3.05) is 19.5 Å². The van der Waals surface area contributed by atoms with Crippen LogP contribution in [0, 0.1) is 0 Å². The molecular formula is C25H20ClN5O4. The van der Waals surface area contributed by atoms with Crippen molar-refractivity contribution < 1.29 is 14.3 Å². The van der Waals surface area contributed by atoms with Crippen LogP contribution in [0.2, 0.25) is 5.02 Å². The minimum absolute atomic E-state index is 0.306. The summed E-state index contributed by atoms with van der Waals surface area (Å²) in [6, 6.07) is 18.7. The third-order valence-corrected chi connectivity index (χ3v) is 5.89. The van der Waals surface area contributed by atoms with Gasteiger partial charge in [-0.25, -0.2) is 9.20 Å². The number of nitrogens with one attached hydrogen (secondary N) is 1. The van der Waals surface area contributed by atoms with Gasteiger partial charge in [-0.2, -0.15) is 10.2 Å². The standard InChI is InChI=1S/C25H20ClN5O4/c1-34-22-12-23(35-2)20(10-18(22)26)28-24(32)13-30-25(33)21-11-19(29-31(21)14-27-30)17-9-5-7-15-6-3-4-8-16(15)17/h3-12,14H,13H2,1-2H3,(H,28,32). The summed E-state index contributed by atoms with van der Waals surface area (Å²) in [5.41, 5.74) is 1.75. The number of methoxy groups -OCH3 is 2. The number of carbonyl (C=O) groups is 1. The molecule has 0 aliphatic heterocycles. The van der Waals surface area contributed by atoms with E-state index < -0.39 is 11.5 Å². The predicted octanol–water partition coefficient (Wildman–Crippen LogP) is 4.02. The Kier molecular flexibility index (Phi) is 5.84. The van der Waals surface area contributed by atoms with Crippen LogP contribution in [0.4, 0.5) is 5.69 Å². The zero-order valence-electron chi connectivity index (χ0n) is 18.9. The first-order chi connectivity index (χ1) is 17.0. The van der Waals surface area contributed by atoms with Crippen molar-refractivity contribution in [2.45, 2.75) is 6.54 Å². The largest absolute Gasteiger partial charge is 0.495 e. The molecule has 0 aliphatic rings. The number of aromatic nitrogens is 4. The topological polar surface area (TPSA) is 99.8 Å². The van der Waals surface area contributed by atoms with Gasteiger partial charge in [-0.1, -0.05) is 54.1 Å². The molecule has 0 aliphatic carbocycles. The Bertz CT molecular complexity index is 1640. The molecule has 1 amide bonds. The zero-order valence-corrected chi connectivity index (χ0v) is 19.6. The maximum atomic E-state index is 13.1. The van der Waals surface area contributed by atoms with Gasteiger partial charge < -0.3 is 14.8 Å². The van der Waals surface area contributed by atoms with E-state index in [9.17, 15) is 9.59 Å². The van der Waals surface area contributed by atoms with E-state index in [0.29, 0.717) is 33.4 Å². The molecule has 2 heterocycles. The molecule has 0 bridgehead atoms. The molecule has 176 valence electrons. The van der Waals surface area contributed by atoms with Crippen LogP contribution in [-0.4, -0.2) is 39.5 Å². The molecule has 5 rings (SSSR count). The summed E-state index contributed by atoms with van der Waals surface area (Å²) < 4.78 is 13.0. The molecule has 0 radical (unpaired) electrons. The number of rotatable bonds is 6. The van der Waals surface area contributed by atoms with E-state index in [4.69, 9.17) is 21.1 Å². The number of halogens is 1. The zero-order chi connectivity index (χ0) is 24.5. The van der Waals surface area contributed by atoms with Gasteiger partial charge in [0.1, 0.15) is 29.9 Å². The van der Waals surface area contributed by atoms with Crippen molar-refractivity contribution in [1.82, 2.24) is 19.4 Å². The molecule has 0 saturated carbocycles. The number of hydrogen-bond donors (Lipinski definition) is 1. The molecule has 0 unspecified atom stereocenters. The first-order valence-electron chi connectivity index (χ1n) is 10.6. The van der Waals surface area contributed by atoms with E-state index in [0.717, 1.165) is 21.0 Å². The Labute approximate surface area is 204 Å². The van der Waals surface area contributed by atoms with E-state index in [2.05, 4.69) is 15.5 Å². The first kappa shape index (κ1) is 22.4. The Morgan fingerprint density at radius 1 is 1.03 bits per heavy atom. The van der Waals surface area contributed by atoms with Gasteiger partial charge >= 0.3 is 0 Å². The number of carbonyl (C=O) groups excluding carboxylic acids is 1. The third kappa shape index (κ3) is 4.17. The maximum absolute atomic E-state index is 13.1. The molecule has 0 saturated heterocycles.